The Bertz CT molecular complexity index is 526. The van der Waals surface area contributed by atoms with Crippen molar-refractivity contribution in [2.24, 2.45) is 0 Å². The van der Waals surface area contributed by atoms with Crippen molar-refractivity contribution in [1.82, 2.24) is 0 Å². The van der Waals surface area contributed by atoms with Crippen LogP contribution in [0.2, 0.25) is 10.0 Å². The fourth-order valence-electron chi connectivity index (χ4n) is 1.22. The van der Waals surface area contributed by atoms with Crippen LogP contribution in [-0.4, -0.2) is 41.1 Å². The van der Waals surface area contributed by atoms with Crippen LogP contribution in [0.5, 0.6) is 0 Å². The van der Waals surface area contributed by atoms with Crippen molar-refractivity contribution in [3.05, 3.63) is 28.2 Å². The number of benzene rings is 1. The molecule has 0 saturated carbocycles. The lowest BCUT2D eigenvalue weighted by molar-refractivity contribution is 0.224. The average molecular weight is 504 g/mol. The van der Waals surface area contributed by atoms with E-state index >= 15 is 0 Å². The maximum atomic E-state index is 8.46. The minimum absolute atomic E-state index is 0.281. The maximum absolute atomic E-state index is 8.46. The number of thioether (sulfide) groups is 1. The van der Waals surface area contributed by atoms with E-state index in [4.69, 9.17) is 60.8 Å². The highest BCUT2D eigenvalue weighted by molar-refractivity contribution is 8.69. The Morgan fingerprint density at radius 2 is 1.88 bits per heavy atom. The molecule has 3 nitrogen and oxygen atoms in total. The van der Waals surface area contributed by atoms with Crippen molar-refractivity contribution in [3.8, 4) is 0 Å². The summed E-state index contributed by atoms with van der Waals surface area (Å²) in [5.74, 6) is 0.729. The lowest BCUT2D eigenvalue weighted by Crippen LogP contribution is -2.08. The maximum Gasteiger partial charge on any atom is 0.248 e. The lowest BCUT2D eigenvalue weighted by atomic mass is 10.4. The van der Waals surface area contributed by atoms with Gasteiger partial charge >= 0.3 is 0 Å². The molecular weight excluding hydrogens is 482 g/mol. The molecule has 1 rings (SSSR count). The topological polar surface area (TPSA) is 38.7 Å². The fourth-order valence-corrected chi connectivity index (χ4v) is 9.15. The van der Waals surface area contributed by atoms with Crippen LogP contribution in [0.3, 0.4) is 0 Å². The zero-order chi connectivity index (χ0) is 19.3. The van der Waals surface area contributed by atoms with Crippen molar-refractivity contribution in [2.45, 2.75) is 24.8 Å². The average Bonchev–Trinajstić information content (AvgIpc) is 2.58. The molecule has 0 aliphatic rings. The molecule has 0 saturated heterocycles. The van der Waals surface area contributed by atoms with E-state index in [9.17, 15) is 0 Å². The standard InChI is InChI=1S/C11H15Cl2O2PS3.C3H7ClOS/c1-3-14-16(17,15-4-2)19-8-18-11-7-9(12)5-6-10(11)13;4-1-3(5)2-6/h5-7H,3-4,8H2,1-2H3;3,5-6H,1-2H2. The number of thiol groups is 1. The van der Waals surface area contributed by atoms with Crippen LogP contribution in [-0.2, 0) is 20.9 Å². The molecule has 0 heterocycles. The third kappa shape index (κ3) is 12.7. The summed E-state index contributed by atoms with van der Waals surface area (Å²) in [6.07, 6.45) is -0.435. The Kier molecular flexibility index (Phi) is 16.6. The zero-order valence-electron chi connectivity index (χ0n) is 13.9. The molecule has 0 aromatic heterocycles. The molecule has 1 atom stereocenters. The first-order chi connectivity index (χ1) is 11.8. The van der Waals surface area contributed by atoms with Gasteiger partial charge in [-0.25, -0.2) is 0 Å². The molecule has 0 amide bonds. The Hall–Kier alpha value is 1.67. The molecule has 11 heteroatoms. The third-order valence-electron chi connectivity index (χ3n) is 2.28. The molecule has 0 aliphatic heterocycles. The van der Waals surface area contributed by atoms with Crippen LogP contribution < -0.4 is 0 Å². The minimum Gasteiger partial charge on any atom is -0.391 e. The molecule has 0 radical (unpaired) electrons. The van der Waals surface area contributed by atoms with Crippen LogP contribution in [0.4, 0.5) is 0 Å². The monoisotopic (exact) mass is 502 g/mol. The smallest absolute Gasteiger partial charge is 0.248 e. The van der Waals surface area contributed by atoms with Crippen molar-refractivity contribution in [2.75, 3.05) is 29.9 Å². The van der Waals surface area contributed by atoms with Gasteiger partial charge in [-0.2, -0.15) is 12.6 Å². The normalized spacial score (nSPS) is 12.4. The van der Waals surface area contributed by atoms with Crippen LogP contribution in [0.25, 0.3) is 0 Å². The van der Waals surface area contributed by atoms with Gasteiger partial charge < -0.3 is 14.2 Å². The SMILES string of the molecule is CCOP(=S)(OCC)SCSc1cc(Cl)ccc1Cl.OC(CS)CCl. The Morgan fingerprint density at radius 3 is 2.32 bits per heavy atom. The van der Waals surface area contributed by atoms with Crippen molar-refractivity contribution in [3.63, 3.8) is 0 Å². The van der Waals surface area contributed by atoms with Crippen LogP contribution in [0.1, 0.15) is 13.8 Å². The molecular formula is C14H22Cl3O3PS4. The lowest BCUT2D eigenvalue weighted by Gasteiger charge is -2.19. The summed E-state index contributed by atoms with van der Waals surface area (Å²) in [6.45, 7) is 4.96. The molecule has 0 spiro atoms. The fraction of sp³-hybridized carbons (Fsp3) is 0.571. The minimum atomic E-state index is -2.23. The number of aliphatic hydroxyl groups is 1. The predicted octanol–water partition coefficient (Wildman–Crippen LogP) is 6.59. The van der Waals surface area contributed by atoms with E-state index in [1.807, 2.05) is 19.9 Å². The highest BCUT2D eigenvalue weighted by Gasteiger charge is 2.19. The first kappa shape index (κ1) is 26.7. The van der Waals surface area contributed by atoms with Crippen LogP contribution >= 0.6 is 76.3 Å². The summed E-state index contributed by atoms with van der Waals surface area (Å²) in [6, 6.07) is 5.41. The molecule has 1 aromatic rings. The molecule has 0 bridgehead atoms. The zero-order valence-corrected chi connectivity index (χ0v) is 20.4. The van der Waals surface area contributed by atoms with Gasteiger partial charge in [-0.05, 0) is 43.9 Å². The molecule has 0 aliphatic carbocycles. The van der Waals surface area contributed by atoms with E-state index in [0.29, 0.717) is 29.0 Å². The second kappa shape index (κ2) is 15.6. The highest BCUT2D eigenvalue weighted by atomic mass is 35.5. The summed E-state index contributed by atoms with van der Waals surface area (Å²) in [5.41, 5.74) is -2.23. The van der Waals surface area contributed by atoms with Gasteiger partial charge in [0.15, 0.2) is 0 Å². The second-order valence-electron chi connectivity index (χ2n) is 4.24. The number of hydrogen-bond donors (Lipinski definition) is 2. The van der Waals surface area contributed by atoms with E-state index < -0.39 is 11.8 Å². The van der Waals surface area contributed by atoms with Gasteiger partial charge in [0.1, 0.15) is 0 Å². The molecule has 1 aromatic carbocycles. The van der Waals surface area contributed by atoms with Gasteiger partial charge in [0.25, 0.3) is 0 Å². The Labute approximate surface area is 184 Å². The summed E-state index contributed by atoms with van der Waals surface area (Å²) in [5, 5.41) is 10.5. The van der Waals surface area contributed by atoms with E-state index in [0.717, 1.165) is 9.98 Å². The summed E-state index contributed by atoms with van der Waals surface area (Å²) in [4.78, 5) is 0.941. The van der Waals surface area contributed by atoms with E-state index in [2.05, 4.69) is 12.6 Å². The highest BCUT2D eigenvalue weighted by Crippen LogP contribution is 2.62. The molecule has 1 N–H and O–H groups in total. The number of rotatable bonds is 10. The van der Waals surface area contributed by atoms with Crippen LogP contribution in [0.15, 0.2) is 23.1 Å². The molecule has 0 fully saturated rings. The summed E-state index contributed by atoms with van der Waals surface area (Å²) < 4.78 is 11.1. The van der Waals surface area contributed by atoms with Gasteiger partial charge in [0.05, 0.1) is 29.4 Å². The first-order valence-corrected chi connectivity index (χ1v) is 14.4. The largest absolute Gasteiger partial charge is 0.391 e. The van der Waals surface area contributed by atoms with Crippen molar-refractivity contribution < 1.29 is 14.2 Å². The van der Waals surface area contributed by atoms with E-state index in [1.165, 1.54) is 11.4 Å². The van der Waals surface area contributed by atoms with Gasteiger partial charge in [0, 0.05) is 21.6 Å². The summed E-state index contributed by atoms with van der Waals surface area (Å²) >= 11 is 29.5. The first-order valence-electron chi connectivity index (χ1n) is 7.28. The Balaban J connectivity index is 0.000000823. The second-order valence-corrected chi connectivity index (χ2v) is 13.4. The number of alkyl halides is 1. The van der Waals surface area contributed by atoms with E-state index in [1.54, 1.807) is 23.9 Å². The van der Waals surface area contributed by atoms with Gasteiger partial charge in [-0.15, -0.1) is 23.4 Å². The van der Waals surface area contributed by atoms with Crippen molar-refractivity contribution >= 4 is 88.1 Å². The van der Waals surface area contributed by atoms with Crippen molar-refractivity contribution in [1.29, 1.82) is 0 Å². The molecule has 146 valence electrons. The number of halogens is 3. The van der Waals surface area contributed by atoms with Gasteiger partial charge in [0.2, 0.25) is 5.69 Å². The molecule has 25 heavy (non-hydrogen) atoms. The number of aliphatic hydroxyl groups excluding tert-OH is 1. The van der Waals surface area contributed by atoms with Gasteiger partial charge in [-0.1, -0.05) is 34.6 Å². The molecule has 1 unspecified atom stereocenters. The Morgan fingerprint density at radius 1 is 1.28 bits per heavy atom. The number of hydrogen-bond acceptors (Lipinski definition) is 7. The van der Waals surface area contributed by atoms with Crippen LogP contribution in [0, 0.1) is 0 Å². The quantitative estimate of drug-likeness (QED) is 0.123. The third-order valence-corrected chi connectivity index (χ3v) is 10.9. The summed E-state index contributed by atoms with van der Waals surface area (Å²) in [7, 11) is 0. The predicted molar refractivity (Wildman–Crippen MR) is 123 cm³/mol. The van der Waals surface area contributed by atoms with Gasteiger partial charge in [-0.3, -0.25) is 0 Å². The van der Waals surface area contributed by atoms with E-state index in [-0.39, 0.29) is 5.88 Å².